The molecule has 0 spiro atoms. The molecule has 0 saturated carbocycles. The van der Waals surface area contributed by atoms with Crippen molar-refractivity contribution < 1.29 is 13.6 Å². The van der Waals surface area contributed by atoms with Gasteiger partial charge in [-0.15, -0.1) is 0 Å². The summed E-state index contributed by atoms with van der Waals surface area (Å²) in [6.45, 7) is 1.38. The number of carbonyl (C=O) groups is 1. The summed E-state index contributed by atoms with van der Waals surface area (Å²) in [5, 5.41) is 2.99. The van der Waals surface area contributed by atoms with Crippen molar-refractivity contribution in [2.45, 2.75) is 16.0 Å². The molecule has 1 aromatic carbocycles. The molecule has 7 heteroatoms. The number of thiazole rings is 1. The van der Waals surface area contributed by atoms with Crippen molar-refractivity contribution in [1.82, 2.24) is 4.98 Å². The lowest BCUT2D eigenvalue weighted by atomic mass is 10.3. The Morgan fingerprint density at radius 2 is 2.22 bits per heavy atom. The fraction of sp³-hybridized carbons (Fsp3) is 0.0909. The third-order valence-corrected chi connectivity index (χ3v) is 3.94. The minimum atomic E-state index is -0.616. The van der Waals surface area contributed by atoms with Gasteiger partial charge in [0.2, 0.25) is 5.91 Å². The summed E-state index contributed by atoms with van der Waals surface area (Å²) in [5.41, 5.74) is 0. The van der Waals surface area contributed by atoms with Crippen LogP contribution in [0.5, 0.6) is 0 Å². The molecule has 0 atom stereocenters. The summed E-state index contributed by atoms with van der Waals surface area (Å²) in [4.78, 5) is 15.1. The van der Waals surface area contributed by atoms with E-state index in [1.54, 1.807) is 0 Å². The van der Waals surface area contributed by atoms with E-state index in [-0.39, 0.29) is 5.91 Å². The van der Waals surface area contributed by atoms with Gasteiger partial charge in [0.1, 0.15) is 11.6 Å². The Balaban J connectivity index is 2.13. The maximum Gasteiger partial charge on any atom is 0.223 e. The van der Waals surface area contributed by atoms with E-state index in [2.05, 4.69) is 10.3 Å². The number of anilines is 1. The lowest BCUT2D eigenvalue weighted by Gasteiger charge is -1.99. The SMILES string of the molecule is CC(=O)Nc1ncc(Sc2ccc(F)cc2F)s1. The van der Waals surface area contributed by atoms with Crippen LogP contribution in [0.4, 0.5) is 13.9 Å². The quantitative estimate of drug-likeness (QED) is 0.938. The molecular weight excluding hydrogens is 278 g/mol. The van der Waals surface area contributed by atoms with Crippen molar-refractivity contribution in [2.24, 2.45) is 0 Å². The highest BCUT2D eigenvalue weighted by molar-refractivity contribution is 8.01. The lowest BCUT2D eigenvalue weighted by Crippen LogP contribution is -2.04. The number of aromatic nitrogens is 1. The van der Waals surface area contributed by atoms with Crippen molar-refractivity contribution in [2.75, 3.05) is 5.32 Å². The Hall–Kier alpha value is -1.47. The normalized spacial score (nSPS) is 10.4. The number of hydrogen-bond acceptors (Lipinski definition) is 4. The zero-order chi connectivity index (χ0) is 13.1. The topological polar surface area (TPSA) is 42.0 Å². The number of nitrogens with zero attached hydrogens (tertiary/aromatic N) is 1. The van der Waals surface area contributed by atoms with Gasteiger partial charge in [-0.2, -0.15) is 0 Å². The average Bonchev–Trinajstić information content (AvgIpc) is 2.69. The van der Waals surface area contributed by atoms with Crippen molar-refractivity contribution >= 4 is 34.1 Å². The molecule has 3 nitrogen and oxygen atoms in total. The van der Waals surface area contributed by atoms with E-state index in [4.69, 9.17) is 0 Å². The molecule has 94 valence electrons. The van der Waals surface area contributed by atoms with Crippen LogP contribution in [0.1, 0.15) is 6.92 Å². The first-order valence-electron chi connectivity index (χ1n) is 4.91. The zero-order valence-electron chi connectivity index (χ0n) is 9.24. The molecule has 2 aromatic rings. The van der Waals surface area contributed by atoms with Gasteiger partial charge in [-0.25, -0.2) is 13.8 Å². The van der Waals surface area contributed by atoms with Crippen molar-refractivity contribution in [3.8, 4) is 0 Å². The van der Waals surface area contributed by atoms with E-state index in [0.29, 0.717) is 14.2 Å². The third-order valence-electron chi connectivity index (χ3n) is 1.87. The molecule has 18 heavy (non-hydrogen) atoms. The summed E-state index contributed by atoms with van der Waals surface area (Å²) in [6, 6.07) is 3.40. The first kappa shape index (κ1) is 13.0. The molecule has 0 bridgehead atoms. The van der Waals surface area contributed by atoms with Gasteiger partial charge in [0, 0.05) is 17.9 Å². The van der Waals surface area contributed by atoms with Crippen molar-refractivity contribution in [3.63, 3.8) is 0 Å². The molecular formula is C11H8F2N2OS2. The first-order chi connectivity index (χ1) is 8.54. The van der Waals surface area contributed by atoms with Gasteiger partial charge in [-0.1, -0.05) is 23.1 Å². The van der Waals surface area contributed by atoms with Gasteiger partial charge >= 0.3 is 0 Å². The molecule has 2 rings (SSSR count). The van der Waals surface area contributed by atoms with Crippen molar-refractivity contribution in [1.29, 1.82) is 0 Å². The molecule has 0 aliphatic heterocycles. The fourth-order valence-corrected chi connectivity index (χ4v) is 3.06. The van der Waals surface area contributed by atoms with Crippen LogP contribution in [0.25, 0.3) is 0 Å². The number of halogens is 2. The maximum absolute atomic E-state index is 13.4. The molecule has 0 saturated heterocycles. The Kier molecular flexibility index (Phi) is 3.93. The van der Waals surface area contributed by atoms with E-state index >= 15 is 0 Å². The second kappa shape index (κ2) is 5.45. The largest absolute Gasteiger partial charge is 0.302 e. The summed E-state index contributed by atoms with van der Waals surface area (Å²) in [6.07, 6.45) is 1.53. The van der Waals surface area contributed by atoms with Crippen LogP contribution < -0.4 is 5.32 Å². The molecule has 0 fully saturated rings. The standard InChI is InChI=1S/C11H8F2N2OS2/c1-6(16)15-11-14-5-10(18-11)17-9-3-2-7(12)4-8(9)13/h2-5H,1H3,(H,14,15,16). The van der Waals surface area contributed by atoms with Gasteiger partial charge < -0.3 is 5.32 Å². The van der Waals surface area contributed by atoms with E-state index in [9.17, 15) is 13.6 Å². The molecule has 1 N–H and O–H groups in total. The van der Waals surface area contributed by atoms with Crippen LogP contribution in [-0.4, -0.2) is 10.9 Å². The van der Waals surface area contributed by atoms with Crippen LogP contribution in [-0.2, 0) is 4.79 Å². The maximum atomic E-state index is 13.4. The highest BCUT2D eigenvalue weighted by atomic mass is 32.2. The minimum Gasteiger partial charge on any atom is -0.302 e. The minimum absolute atomic E-state index is 0.214. The molecule has 0 aliphatic carbocycles. The monoisotopic (exact) mass is 286 g/mol. The van der Waals surface area contributed by atoms with Crippen LogP contribution in [0.15, 0.2) is 33.5 Å². The Morgan fingerprint density at radius 3 is 2.89 bits per heavy atom. The number of hydrogen-bond donors (Lipinski definition) is 1. The Morgan fingerprint density at radius 1 is 1.44 bits per heavy atom. The van der Waals surface area contributed by atoms with Crippen LogP contribution in [0, 0.1) is 11.6 Å². The number of carbonyl (C=O) groups excluding carboxylic acids is 1. The summed E-state index contributed by atoms with van der Waals surface area (Å²) < 4.78 is 26.8. The number of rotatable bonds is 3. The summed E-state index contributed by atoms with van der Waals surface area (Å²) >= 11 is 2.36. The van der Waals surface area contributed by atoms with Gasteiger partial charge in [-0.3, -0.25) is 4.79 Å². The zero-order valence-corrected chi connectivity index (χ0v) is 10.9. The van der Waals surface area contributed by atoms with E-state index in [1.165, 1.54) is 36.6 Å². The second-order valence-corrected chi connectivity index (χ2v) is 5.72. The van der Waals surface area contributed by atoms with Crippen LogP contribution in [0.2, 0.25) is 0 Å². The first-order valence-corrected chi connectivity index (χ1v) is 6.54. The third kappa shape index (κ3) is 3.27. The van der Waals surface area contributed by atoms with Gasteiger partial charge in [0.25, 0.3) is 0 Å². The van der Waals surface area contributed by atoms with Crippen LogP contribution >= 0.6 is 23.1 Å². The highest BCUT2D eigenvalue weighted by Gasteiger charge is 2.09. The van der Waals surface area contributed by atoms with E-state index in [0.717, 1.165) is 17.8 Å². The fourth-order valence-electron chi connectivity index (χ4n) is 1.18. The van der Waals surface area contributed by atoms with Crippen molar-refractivity contribution in [3.05, 3.63) is 36.0 Å². The van der Waals surface area contributed by atoms with Gasteiger partial charge in [-0.05, 0) is 12.1 Å². The predicted molar refractivity (Wildman–Crippen MR) is 66.9 cm³/mol. The molecule has 0 radical (unpaired) electrons. The molecule has 0 unspecified atom stereocenters. The van der Waals surface area contributed by atoms with E-state index < -0.39 is 11.6 Å². The molecule has 1 aromatic heterocycles. The Labute approximate surface area is 110 Å². The average molecular weight is 286 g/mol. The van der Waals surface area contributed by atoms with Gasteiger partial charge in [0.15, 0.2) is 5.13 Å². The molecule has 1 heterocycles. The summed E-state index contributed by atoms with van der Waals surface area (Å²) in [7, 11) is 0. The van der Waals surface area contributed by atoms with Crippen LogP contribution in [0.3, 0.4) is 0 Å². The lowest BCUT2D eigenvalue weighted by molar-refractivity contribution is -0.114. The highest BCUT2D eigenvalue weighted by Crippen LogP contribution is 2.35. The smallest absolute Gasteiger partial charge is 0.223 e. The second-order valence-electron chi connectivity index (χ2n) is 3.34. The summed E-state index contributed by atoms with van der Waals surface area (Å²) in [5.74, 6) is -1.44. The number of nitrogens with one attached hydrogen (secondary N) is 1. The van der Waals surface area contributed by atoms with Gasteiger partial charge in [0.05, 0.1) is 10.4 Å². The number of benzene rings is 1. The Bertz CT molecular complexity index is 586. The number of amides is 1. The molecule has 0 aliphatic rings. The van der Waals surface area contributed by atoms with E-state index in [1.807, 2.05) is 0 Å². The molecule has 1 amide bonds. The predicted octanol–water partition coefficient (Wildman–Crippen LogP) is 3.53.